The van der Waals surface area contributed by atoms with Gasteiger partial charge < -0.3 is 34.6 Å². The maximum absolute atomic E-state index is 12.6. The van der Waals surface area contributed by atoms with Crippen molar-refractivity contribution in [3.05, 3.63) is 90.5 Å². The molecule has 0 aromatic heterocycles. The fraction of sp³-hybridized carbons (Fsp3) is 0.476. The van der Waals surface area contributed by atoms with Gasteiger partial charge in [-0.1, -0.05) is 60.5 Å². The summed E-state index contributed by atoms with van der Waals surface area (Å²) in [6.45, 7) is 9.26. The van der Waals surface area contributed by atoms with E-state index in [0.29, 0.717) is 37.5 Å². The summed E-state index contributed by atoms with van der Waals surface area (Å²) in [5.41, 5.74) is 2.91. The van der Waals surface area contributed by atoms with Crippen molar-refractivity contribution >= 4 is 34.3 Å². The number of thioether (sulfide) groups is 1. The number of unbranched alkanes of at least 4 members (excludes halogenated alkanes) is 2. The summed E-state index contributed by atoms with van der Waals surface area (Å²) in [5.74, 6) is -0.0389. The third kappa shape index (κ3) is 8.05. The van der Waals surface area contributed by atoms with Gasteiger partial charge in [-0.3, -0.25) is 0 Å². The molecule has 0 saturated heterocycles. The highest BCUT2D eigenvalue weighted by Crippen LogP contribution is 2.63. The van der Waals surface area contributed by atoms with Gasteiger partial charge in [0.2, 0.25) is 5.79 Å². The van der Waals surface area contributed by atoms with Gasteiger partial charge in [-0.15, -0.1) is 18.3 Å². The van der Waals surface area contributed by atoms with Crippen LogP contribution in [-0.2, 0) is 9.57 Å². The van der Waals surface area contributed by atoms with Crippen LogP contribution in [0.3, 0.4) is 0 Å². The van der Waals surface area contributed by atoms with Crippen molar-refractivity contribution in [3.8, 4) is 11.5 Å². The van der Waals surface area contributed by atoms with Crippen molar-refractivity contribution in [1.29, 1.82) is 0 Å². The van der Waals surface area contributed by atoms with Crippen molar-refractivity contribution < 1.29 is 34.1 Å². The zero-order valence-electron chi connectivity index (χ0n) is 30.3. The Morgan fingerprint density at radius 3 is 2.58 bits per heavy atom. The lowest BCUT2D eigenvalue weighted by Crippen LogP contribution is -2.64. The molecule has 0 unspecified atom stereocenters. The number of allylic oxidation sites excluding steroid dienone is 1. The number of hydrogen-bond donors (Lipinski definition) is 3. The van der Waals surface area contributed by atoms with Gasteiger partial charge in [-0.25, -0.2) is 4.79 Å². The summed E-state index contributed by atoms with van der Waals surface area (Å²) in [7, 11) is 0. The Morgan fingerprint density at radius 2 is 1.83 bits per heavy atom. The van der Waals surface area contributed by atoms with E-state index in [1.807, 2.05) is 26.0 Å². The van der Waals surface area contributed by atoms with Crippen LogP contribution in [-0.4, -0.2) is 66.0 Å². The van der Waals surface area contributed by atoms with E-state index in [4.69, 9.17) is 24.2 Å². The van der Waals surface area contributed by atoms with Gasteiger partial charge in [0.25, 0.3) is 0 Å². The number of rotatable bonds is 17. The van der Waals surface area contributed by atoms with Crippen molar-refractivity contribution in [2.75, 3.05) is 33.0 Å². The predicted molar refractivity (Wildman–Crippen MR) is 206 cm³/mol. The molecule has 1 aliphatic heterocycles. The second-order valence-electron chi connectivity index (χ2n) is 13.7. The first-order chi connectivity index (χ1) is 25.5. The predicted octanol–water partition coefficient (Wildman–Crippen LogP) is 8.39. The van der Waals surface area contributed by atoms with Crippen molar-refractivity contribution in [2.45, 2.75) is 80.6 Å². The van der Waals surface area contributed by atoms with Crippen molar-refractivity contribution in [2.24, 2.45) is 22.9 Å². The van der Waals surface area contributed by atoms with E-state index in [-0.39, 0.29) is 48.7 Å². The van der Waals surface area contributed by atoms with Crippen LogP contribution in [0.1, 0.15) is 70.3 Å². The van der Waals surface area contributed by atoms with Crippen LogP contribution in [0.15, 0.2) is 95.0 Å². The van der Waals surface area contributed by atoms with Gasteiger partial charge >= 0.3 is 6.09 Å². The number of benzene rings is 3. The maximum atomic E-state index is 12.6. The summed E-state index contributed by atoms with van der Waals surface area (Å²) in [6.07, 6.45) is 9.10. The lowest BCUT2D eigenvalue weighted by molar-refractivity contribution is -0.223. The molecular weight excluding hydrogens is 677 g/mol. The standard InChI is InChI=1S/C42H52N2O7S/c1-4-23-48-42-38(52-32-19-17-28-13-7-8-14-29(28)24-32)27-36(44-49-6-3)34-25-30(15-9-11-21-45)33(16-10-12-22-46)39(40(34)42)35-26-31(18-20-37(35)51-42)50-41(47)43-5-2/h4,7-8,13-14,17-20,24-26,30,33,38-40,45-46H,1,5-6,9-12,15-16,21-23,27H2,2-3H3,(H,43,47)/t30-,33+,38-,39+,40+,42+/m0/s1. The molecule has 1 amide bonds. The van der Waals surface area contributed by atoms with Gasteiger partial charge in [-0.05, 0) is 98.0 Å². The molecule has 3 aliphatic rings. The average Bonchev–Trinajstić information content (AvgIpc) is 3.15. The van der Waals surface area contributed by atoms with Gasteiger partial charge in [0.05, 0.1) is 23.5 Å². The molecule has 2 aliphatic carbocycles. The number of aliphatic hydroxyl groups is 2. The molecule has 0 spiro atoms. The molecule has 1 heterocycles. The van der Waals surface area contributed by atoms with E-state index in [0.717, 1.165) is 59.2 Å². The lowest BCUT2D eigenvalue weighted by atomic mass is 9.56. The molecule has 52 heavy (non-hydrogen) atoms. The number of carbonyl (C=O) groups is 1. The molecule has 1 fully saturated rings. The Balaban J connectivity index is 1.55. The van der Waals surface area contributed by atoms with E-state index in [2.05, 4.69) is 60.4 Å². The van der Waals surface area contributed by atoms with Gasteiger partial charge in [0.15, 0.2) is 0 Å². The van der Waals surface area contributed by atoms with Gasteiger partial charge in [0, 0.05) is 42.6 Å². The Hall–Kier alpha value is -3.83. The monoisotopic (exact) mass is 728 g/mol. The summed E-state index contributed by atoms with van der Waals surface area (Å²) in [4.78, 5) is 19.5. The first kappa shape index (κ1) is 37.9. The van der Waals surface area contributed by atoms with E-state index in [9.17, 15) is 15.0 Å². The smallest absolute Gasteiger partial charge is 0.412 e. The quantitative estimate of drug-likeness (QED) is 0.0721. The Bertz CT molecular complexity index is 1760. The highest BCUT2D eigenvalue weighted by Gasteiger charge is 2.64. The molecule has 0 bridgehead atoms. The summed E-state index contributed by atoms with van der Waals surface area (Å²) in [6, 6.07) is 20.5. The second kappa shape index (κ2) is 17.8. The summed E-state index contributed by atoms with van der Waals surface area (Å²) >= 11 is 1.74. The molecule has 0 radical (unpaired) electrons. The van der Waals surface area contributed by atoms with E-state index >= 15 is 0 Å². The number of nitrogens with zero attached hydrogens (tertiary/aromatic N) is 1. The van der Waals surface area contributed by atoms with E-state index in [1.54, 1.807) is 23.9 Å². The number of fused-ring (bicyclic) bond motifs is 3. The fourth-order valence-corrected chi connectivity index (χ4v) is 9.66. The number of nitrogens with one attached hydrogen (secondary N) is 1. The largest absolute Gasteiger partial charge is 0.460 e. The molecule has 3 aromatic carbocycles. The van der Waals surface area contributed by atoms with Crippen molar-refractivity contribution in [1.82, 2.24) is 5.32 Å². The minimum atomic E-state index is -1.10. The maximum Gasteiger partial charge on any atom is 0.412 e. The van der Waals surface area contributed by atoms with Crippen LogP contribution in [0.25, 0.3) is 10.8 Å². The second-order valence-corrected chi connectivity index (χ2v) is 15.0. The molecule has 3 N–H and O–H groups in total. The van der Waals surface area contributed by atoms with Crippen LogP contribution in [0, 0.1) is 17.8 Å². The molecule has 9 nitrogen and oxygen atoms in total. The normalized spacial score (nSPS) is 25.4. The molecule has 3 aromatic rings. The van der Waals surface area contributed by atoms with Gasteiger partial charge in [-0.2, -0.15) is 0 Å². The van der Waals surface area contributed by atoms with E-state index < -0.39 is 11.9 Å². The minimum Gasteiger partial charge on any atom is -0.460 e. The topological polar surface area (TPSA) is 119 Å². The average molecular weight is 729 g/mol. The van der Waals surface area contributed by atoms with Crippen LogP contribution in [0.4, 0.5) is 4.79 Å². The van der Waals surface area contributed by atoms with Crippen molar-refractivity contribution in [3.63, 3.8) is 0 Å². The highest BCUT2D eigenvalue weighted by molar-refractivity contribution is 8.00. The van der Waals surface area contributed by atoms with Crippen LogP contribution >= 0.6 is 11.8 Å². The third-order valence-corrected chi connectivity index (χ3v) is 11.8. The Kier molecular flexibility index (Phi) is 13.0. The zero-order valence-corrected chi connectivity index (χ0v) is 31.1. The first-order valence-corrected chi connectivity index (χ1v) is 19.7. The minimum absolute atomic E-state index is 0.101. The molecule has 10 heteroatoms. The number of carbonyl (C=O) groups excluding carboxylic acids is 1. The number of hydrogen-bond acceptors (Lipinski definition) is 9. The summed E-state index contributed by atoms with van der Waals surface area (Å²) in [5, 5.41) is 29.2. The lowest BCUT2D eigenvalue weighted by Gasteiger charge is -2.58. The number of aliphatic hydroxyl groups excluding tert-OH is 2. The van der Waals surface area contributed by atoms with Gasteiger partial charge in [0.1, 0.15) is 18.1 Å². The number of oxime groups is 1. The first-order valence-electron chi connectivity index (χ1n) is 18.8. The third-order valence-electron chi connectivity index (χ3n) is 10.5. The molecule has 1 saturated carbocycles. The van der Waals surface area contributed by atoms with Crippen LogP contribution in [0.2, 0.25) is 0 Å². The zero-order chi connectivity index (χ0) is 36.5. The number of amides is 1. The van der Waals surface area contributed by atoms with Crippen LogP contribution < -0.4 is 14.8 Å². The Labute approximate surface area is 311 Å². The Morgan fingerprint density at radius 1 is 1.04 bits per heavy atom. The highest BCUT2D eigenvalue weighted by atomic mass is 32.2. The SMILES string of the molecule is C=CCO[C@@]12Oc3ccc(OC(=O)NCC)cc3[C@H]3[C@H](CCCCO)[C@@H](CCCCO)C=C(C(=NOCC)C[C@@H]1Sc1ccc4ccccc4c1)[C@H]32. The number of ether oxygens (including phenoxy) is 3. The summed E-state index contributed by atoms with van der Waals surface area (Å²) < 4.78 is 20.0. The van der Waals surface area contributed by atoms with Crippen LogP contribution in [0.5, 0.6) is 11.5 Å². The fourth-order valence-electron chi connectivity index (χ4n) is 8.32. The molecule has 278 valence electrons. The molecule has 6 atom stereocenters. The molecule has 6 rings (SSSR count). The molecular formula is C42H52N2O7S. The van der Waals surface area contributed by atoms with E-state index in [1.165, 1.54) is 5.39 Å².